The van der Waals surface area contributed by atoms with Crippen LogP contribution >= 0.6 is 0 Å². The molecule has 0 spiro atoms. The van der Waals surface area contributed by atoms with Gasteiger partial charge in [-0.1, -0.05) is 0 Å². The largest absolute Gasteiger partial charge is 0.481 e. The van der Waals surface area contributed by atoms with Gasteiger partial charge in [-0.05, 0) is 67.6 Å². The number of rotatable bonds is 7. The van der Waals surface area contributed by atoms with Gasteiger partial charge in [-0.15, -0.1) is 0 Å². The van der Waals surface area contributed by atoms with Gasteiger partial charge in [0.25, 0.3) is 5.91 Å². The van der Waals surface area contributed by atoms with Gasteiger partial charge in [-0.25, -0.2) is 14.2 Å². The van der Waals surface area contributed by atoms with Gasteiger partial charge in [0.05, 0.1) is 17.8 Å². The predicted octanol–water partition coefficient (Wildman–Crippen LogP) is 4.96. The van der Waals surface area contributed by atoms with Gasteiger partial charge in [0.15, 0.2) is 18.1 Å². The zero-order valence-corrected chi connectivity index (χ0v) is 19.2. The molecule has 0 unspecified atom stereocenters. The maximum atomic E-state index is 13.4. The molecular weight excluding hydrogens is 467 g/mol. The second-order valence-corrected chi connectivity index (χ2v) is 7.86. The number of fused-ring (bicyclic) bond motifs is 2. The number of halogens is 1. The normalized spacial score (nSPS) is 11.8. The highest BCUT2D eigenvalue weighted by atomic mass is 19.1. The number of nitrogens with zero attached hydrogens (tertiary/aromatic N) is 1. The van der Waals surface area contributed by atoms with E-state index in [4.69, 9.17) is 18.9 Å². The Kier molecular flexibility index (Phi) is 6.36. The van der Waals surface area contributed by atoms with E-state index in [1.54, 1.807) is 61.5 Å². The number of hydrogen-bond donors (Lipinski definition) is 1. The summed E-state index contributed by atoms with van der Waals surface area (Å²) in [4.78, 5) is 29.4. The molecule has 36 heavy (non-hydrogen) atoms. The summed E-state index contributed by atoms with van der Waals surface area (Å²) in [6, 6.07) is 17.7. The Morgan fingerprint density at radius 1 is 1.00 bits per heavy atom. The van der Waals surface area contributed by atoms with Crippen molar-refractivity contribution in [3.05, 3.63) is 78.1 Å². The molecule has 3 aromatic carbocycles. The van der Waals surface area contributed by atoms with E-state index in [0.29, 0.717) is 50.7 Å². The molecule has 2 heterocycles. The van der Waals surface area contributed by atoms with Crippen molar-refractivity contribution in [2.24, 2.45) is 0 Å². The monoisotopic (exact) mass is 488 g/mol. The first-order chi connectivity index (χ1) is 17.5. The maximum Gasteiger partial charge on any atom is 0.344 e. The first-order valence-corrected chi connectivity index (χ1v) is 11.2. The van der Waals surface area contributed by atoms with Gasteiger partial charge >= 0.3 is 5.97 Å². The smallest absolute Gasteiger partial charge is 0.344 e. The average Bonchev–Trinajstić information content (AvgIpc) is 3.36. The van der Waals surface area contributed by atoms with Crippen LogP contribution in [0.5, 0.6) is 17.2 Å². The molecule has 0 fully saturated rings. The molecule has 0 aliphatic carbocycles. The van der Waals surface area contributed by atoms with Crippen LogP contribution in [0, 0.1) is 5.82 Å². The molecule has 0 radical (unpaired) electrons. The molecule has 1 aliphatic rings. The average molecular weight is 488 g/mol. The summed E-state index contributed by atoms with van der Waals surface area (Å²) < 4.78 is 34.8. The van der Waals surface area contributed by atoms with E-state index < -0.39 is 5.97 Å². The Morgan fingerprint density at radius 2 is 1.81 bits per heavy atom. The first kappa shape index (κ1) is 23.1. The number of pyridine rings is 1. The molecule has 1 amide bonds. The SMILES string of the molecule is CCOC(=O)COc1cc(-c2ccc(F)cc2)nc2ccc(NC(=O)c3ccc4c(c3)OCO4)cc12. The number of esters is 1. The fourth-order valence-corrected chi connectivity index (χ4v) is 3.74. The molecule has 0 saturated carbocycles. The van der Waals surface area contributed by atoms with E-state index in [1.165, 1.54) is 12.1 Å². The van der Waals surface area contributed by atoms with Gasteiger partial charge < -0.3 is 24.3 Å². The summed E-state index contributed by atoms with van der Waals surface area (Å²) in [5, 5.41) is 3.43. The number of hydrogen-bond acceptors (Lipinski definition) is 7. The standard InChI is InChI=1S/C27H21FN2O6/c1-2-33-26(31)14-34-24-13-22(16-3-6-18(28)7-4-16)30-21-9-8-19(12-20(21)24)29-27(32)17-5-10-23-25(11-17)36-15-35-23/h3-13H,2,14-15H2,1H3,(H,29,32). The van der Waals surface area contributed by atoms with Gasteiger partial charge in [-0.3, -0.25) is 4.79 Å². The fraction of sp³-hybridized carbons (Fsp3) is 0.148. The Bertz CT molecular complexity index is 1460. The highest BCUT2D eigenvalue weighted by Crippen LogP contribution is 2.34. The van der Waals surface area contributed by atoms with E-state index in [-0.39, 0.29) is 31.7 Å². The number of carbonyl (C=O) groups is 2. The van der Waals surface area contributed by atoms with Crippen LogP contribution in [0.2, 0.25) is 0 Å². The van der Waals surface area contributed by atoms with Gasteiger partial charge in [0, 0.05) is 28.3 Å². The zero-order valence-electron chi connectivity index (χ0n) is 19.2. The number of carbonyl (C=O) groups excluding carboxylic acids is 2. The summed E-state index contributed by atoms with van der Waals surface area (Å²) in [7, 11) is 0. The number of aromatic nitrogens is 1. The lowest BCUT2D eigenvalue weighted by Gasteiger charge is -2.13. The van der Waals surface area contributed by atoms with E-state index in [9.17, 15) is 14.0 Å². The third-order valence-corrected chi connectivity index (χ3v) is 5.45. The second kappa shape index (κ2) is 9.91. The highest BCUT2D eigenvalue weighted by molar-refractivity contribution is 6.06. The number of nitrogens with one attached hydrogen (secondary N) is 1. The summed E-state index contributed by atoms with van der Waals surface area (Å²) in [5.74, 6) is 0.250. The lowest BCUT2D eigenvalue weighted by molar-refractivity contribution is -0.145. The maximum absolute atomic E-state index is 13.4. The van der Waals surface area contributed by atoms with E-state index >= 15 is 0 Å². The van der Waals surface area contributed by atoms with Crippen molar-refractivity contribution >= 4 is 28.5 Å². The fourth-order valence-electron chi connectivity index (χ4n) is 3.74. The van der Waals surface area contributed by atoms with Gasteiger partial charge in [-0.2, -0.15) is 0 Å². The van der Waals surface area contributed by atoms with Crippen molar-refractivity contribution in [1.82, 2.24) is 4.98 Å². The summed E-state index contributed by atoms with van der Waals surface area (Å²) >= 11 is 0. The van der Waals surface area contributed by atoms with E-state index in [0.717, 1.165) is 0 Å². The van der Waals surface area contributed by atoms with Crippen molar-refractivity contribution in [2.45, 2.75) is 6.92 Å². The minimum atomic E-state index is -0.516. The molecule has 1 N–H and O–H groups in total. The van der Waals surface area contributed by atoms with Crippen LogP contribution in [0.1, 0.15) is 17.3 Å². The number of amides is 1. The van der Waals surface area contributed by atoms with Crippen molar-refractivity contribution in [3.8, 4) is 28.5 Å². The lowest BCUT2D eigenvalue weighted by atomic mass is 10.1. The molecule has 4 aromatic rings. The Labute approximate surface area is 205 Å². The molecule has 182 valence electrons. The molecule has 5 rings (SSSR count). The van der Waals surface area contributed by atoms with Crippen LogP contribution < -0.4 is 19.5 Å². The Balaban J connectivity index is 1.47. The quantitative estimate of drug-likeness (QED) is 0.367. The van der Waals surface area contributed by atoms with Crippen molar-refractivity contribution in [1.29, 1.82) is 0 Å². The van der Waals surface area contributed by atoms with E-state index in [1.807, 2.05) is 0 Å². The molecular formula is C27H21FN2O6. The Hall–Kier alpha value is -4.66. The second-order valence-electron chi connectivity index (χ2n) is 7.86. The minimum Gasteiger partial charge on any atom is -0.481 e. The van der Waals surface area contributed by atoms with Gasteiger partial charge in [0.2, 0.25) is 6.79 Å². The zero-order chi connectivity index (χ0) is 25.1. The van der Waals surface area contributed by atoms with Crippen LogP contribution in [0.15, 0.2) is 66.7 Å². The van der Waals surface area contributed by atoms with Gasteiger partial charge in [0.1, 0.15) is 11.6 Å². The van der Waals surface area contributed by atoms with Crippen LogP contribution in [-0.2, 0) is 9.53 Å². The van der Waals surface area contributed by atoms with Crippen LogP contribution in [0.4, 0.5) is 10.1 Å². The summed E-state index contributed by atoms with van der Waals surface area (Å²) in [6.07, 6.45) is 0. The third-order valence-electron chi connectivity index (χ3n) is 5.45. The first-order valence-electron chi connectivity index (χ1n) is 11.2. The molecule has 8 nitrogen and oxygen atoms in total. The summed E-state index contributed by atoms with van der Waals surface area (Å²) in [6.45, 7) is 1.76. The van der Waals surface area contributed by atoms with E-state index in [2.05, 4.69) is 10.3 Å². The predicted molar refractivity (Wildman–Crippen MR) is 130 cm³/mol. The number of benzene rings is 3. The van der Waals surface area contributed by atoms with Crippen molar-refractivity contribution in [3.63, 3.8) is 0 Å². The number of anilines is 1. The Morgan fingerprint density at radius 3 is 2.61 bits per heavy atom. The molecule has 0 saturated heterocycles. The highest BCUT2D eigenvalue weighted by Gasteiger charge is 2.17. The summed E-state index contributed by atoms with van der Waals surface area (Å²) in [5.41, 5.74) is 2.69. The third kappa shape index (κ3) is 4.90. The van der Waals surface area contributed by atoms with Crippen molar-refractivity contribution < 1.29 is 32.9 Å². The number of ether oxygens (including phenoxy) is 4. The molecule has 0 bridgehead atoms. The lowest BCUT2D eigenvalue weighted by Crippen LogP contribution is -2.15. The van der Waals surface area contributed by atoms with Crippen LogP contribution in [0.25, 0.3) is 22.2 Å². The molecule has 1 aliphatic heterocycles. The van der Waals surface area contributed by atoms with Crippen LogP contribution in [-0.4, -0.2) is 36.9 Å². The topological polar surface area (TPSA) is 96.0 Å². The molecule has 0 atom stereocenters. The molecule has 1 aromatic heterocycles. The minimum absolute atomic E-state index is 0.118. The van der Waals surface area contributed by atoms with Crippen molar-refractivity contribution in [2.75, 3.05) is 25.3 Å². The van der Waals surface area contributed by atoms with Crippen LogP contribution in [0.3, 0.4) is 0 Å². The molecule has 9 heteroatoms.